The first kappa shape index (κ1) is 24.4. The maximum absolute atomic E-state index is 10.6. The van der Waals surface area contributed by atoms with Crippen molar-refractivity contribution < 1.29 is 19.4 Å². The number of benzene rings is 1. The molecule has 0 bridgehead atoms. The van der Waals surface area contributed by atoms with Crippen molar-refractivity contribution in [1.29, 1.82) is 0 Å². The molecule has 158 valence electrons. The minimum Gasteiger partial charge on any atom is -0.480 e. The third kappa shape index (κ3) is 9.01. The van der Waals surface area contributed by atoms with Crippen molar-refractivity contribution in [2.75, 3.05) is 32.8 Å². The molecule has 1 aliphatic heterocycles. The minimum absolute atomic E-state index is 0.262. The van der Waals surface area contributed by atoms with E-state index in [1.54, 1.807) is 0 Å². The van der Waals surface area contributed by atoms with E-state index in [1.807, 2.05) is 26.0 Å². The fraction of sp³-hybridized carbons (Fsp3) is 0.600. The summed E-state index contributed by atoms with van der Waals surface area (Å²) in [5, 5.41) is 11.8. The van der Waals surface area contributed by atoms with Crippen LogP contribution < -0.4 is 11.1 Å². The Morgan fingerprint density at radius 2 is 1.82 bits per heavy atom. The number of halogens is 1. The SMILES string of the molecule is CC(=O)N[C@@H](CC(C)C)C(=O)O.NC[C@H](c1ccc(Cl)cc1)N1CCOCC1. The number of carboxylic acids is 1. The molecule has 4 N–H and O–H groups in total. The molecule has 0 aliphatic carbocycles. The van der Waals surface area contributed by atoms with Crippen LogP contribution in [0.3, 0.4) is 0 Å². The second-order valence-corrected chi connectivity index (χ2v) is 7.61. The average Bonchev–Trinajstić information content (AvgIpc) is 2.64. The number of aliphatic carboxylic acids is 1. The highest BCUT2D eigenvalue weighted by Gasteiger charge is 2.21. The van der Waals surface area contributed by atoms with Gasteiger partial charge < -0.3 is 20.9 Å². The highest BCUT2D eigenvalue weighted by Crippen LogP contribution is 2.22. The van der Waals surface area contributed by atoms with Crippen LogP contribution in [0.5, 0.6) is 0 Å². The maximum Gasteiger partial charge on any atom is 0.326 e. The second kappa shape index (κ2) is 12.7. The Morgan fingerprint density at radius 1 is 1.25 bits per heavy atom. The molecule has 8 heteroatoms. The van der Waals surface area contributed by atoms with E-state index in [0.717, 1.165) is 31.3 Å². The van der Waals surface area contributed by atoms with Crippen LogP contribution in [0.4, 0.5) is 0 Å². The highest BCUT2D eigenvalue weighted by molar-refractivity contribution is 6.30. The van der Waals surface area contributed by atoms with Crippen LogP contribution in [-0.4, -0.2) is 60.8 Å². The predicted octanol–water partition coefficient (Wildman–Crippen LogP) is 2.29. The molecule has 1 aromatic carbocycles. The van der Waals surface area contributed by atoms with E-state index in [-0.39, 0.29) is 17.9 Å². The van der Waals surface area contributed by atoms with Gasteiger partial charge in [0.2, 0.25) is 5.91 Å². The molecule has 7 nitrogen and oxygen atoms in total. The predicted molar refractivity (Wildman–Crippen MR) is 110 cm³/mol. The van der Waals surface area contributed by atoms with Crippen LogP contribution in [-0.2, 0) is 14.3 Å². The van der Waals surface area contributed by atoms with Gasteiger partial charge in [0.1, 0.15) is 6.04 Å². The van der Waals surface area contributed by atoms with Crippen molar-refractivity contribution >= 4 is 23.5 Å². The molecule has 28 heavy (non-hydrogen) atoms. The molecule has 1 heterocycles. The molecule has 0 unspecified atom stereocenters. The number of nitrogens with two attached hydrogens (primary N) is 1. The topological polar surface area (TPSA) is 105 Å². The Balaban J connectivity index is 0.000000295. The third-order valence-electron chi connectivity index (χ3n) is 4.35. The number of hydrogen-bond acceptors (Lipinski definition) is 5. The molecule has 1 fully saturated rings. The molecule has 1 saturated heterocycles. The van der Waals surface area contributed by atoms with Crippen molar-refractivity contribution in [3.63, 3.8) is 0 Å². The van der Waals surface area contributed by atoms with Gasteiger partial charge >= 0.3 is 5.97 Å². The largest absolute Gasteiger partial charge is 0.480 e. The molecule has 2 atom stereocenters. The molecule has 2 rings (SSSR count). The van der Waals surface area contributed by atoms with Crippen LogP contribution in [0.2, 0.25) is 5.02 Å². The number of morpholine rings is 1. The lowest BCUT2D eigenvalue weighted by Crippen LogP contribution is -2.41. The molecular formula is C20H32ClN3O4. The summed E-state index contributed by atoms with van der Waals surface area (Å²) < 4.78 is 5.35. The summed E-state index contributed by atoms with van der Waals surface area (Å²) in [7, 11) is 0. The zero-order chi connectivity index (χ0) is 21.1. The summed E-state index contributed by atoms with van der Waals surface area (Å²) in [5.74, 6) is -1.01. The van der Waals surface area contributed by atoms with Gasteiger partial charge in [-0.15, -0.1) is 0 Å². The first-order valence-corrected chi connectivity index (χ1v) is 9.89. The Hall–Kier alpha value is -1.67. The quantitative estimate of drug-likeness (QED) is 0.633. The van der Waals surface area contributed by atoms with Gasteiger partial charge in [-0.1, -0.05) is 37.6 Å². The fourth-order valence-electron chi connectivity index (χ4n) is 3.01. The monoisotopic (exact) mass is 413 g/mol. The van der Waals surface area contributed by atoms with Gasteiger partial charge in [0, 0.05) is 37.6 Å². The molecule has 1 aliphatic rings. The van der Waals surface area contributed by atoms with Gasteiger partial charge in [-0.2, -0.15) is 0 Å². The zero-order valence-electron chi connectivity index (χ0n) is 16.9. The van der Waals surface area contributed by atoms with E-state index in [1.165, 1.54) is 12.5 Å². The number of carbonyl (C=O) groups excluding carboxylic acids is 1. The summed E-state index contributed by atoms with van der Waals surface area (Å²) in [6, 6.07) is 7.47. The molecule has 1 aromatic rings. The van der Waals surface area contributed by atoms with E-state index in [9.17, 15) is 9.59 Å². The zero-order valence-corrected chi connectivity index (χ0v) is 17.6. The molecule has 0 radical (unpaired) electrons. The Kier molecular flexibility index (Phi) is 11.1. The van der Waals surface area contributed by atoms with Gasteiger partial charge in [0.15, 0.2) is 0 Å². The summed E-state index contributed by atoms with van der Waals surface area (Å²) in [5.41, 5.74) is 7.09. The van der Waals surface area contributed by atoms with Crippen molar-refractivity contribution in [3.8, 4) is 0 Å². The average molecular weight is 414 g/mol. The van der Waals surface area contributed by atoms with Crippen molar-refractivity contribution in [3.05, 3.63) is 34.9 Å². The van der Waals surface area contributed by atoms with Crippen LogP contribution >= 0.6 is 11.6 Å². The number of carbonyl (C=O) groups is 2. The van der Waals surface area contributed by atoms with Crippen LogP contribution in [0, 0.1) is 5.92 Å². The summed E-state index contributed by atoms with van der Waals surface area (Å²) in [4.78, 5) is 23.5. The smallest absolute Gasteiger partial charge is 0.326 e. The van der Waals surface area contributed by atoms with Crippen molar-refractivity contribution in [2.24, 2.45) is 11.7 Å². The number of rotatable bonds is 7. The lowest BCUT2D eigenvalue weighted by Gasteiger charge is -2.34. The third-order valence-corrected chi connectivity index (χ3v) is 4.60. The summed E-state index contributed by atoms with van der Waals surface area (Å²) in [6.45, 7) is 9.26. The van der Waals surface area contributed by atoms with Crippen LogP contribution in [0.25, 0.3) is 0 Å². The number of carboxylic acid groups (broad SMARTS) is 1. The van der Waals surface area contributed by atoms with Gasteiger partial charge in [0.25, 0.3) is 0 Å². The van der Waals surface area contributed by atoms with E-state index in [4.69, 9.17) is 27.2 Å². The normalized spacial score (nSPS) is 16.6. The summed E-state index contributed by atoms with van der Waals surface area (Å²) in [6.07, 6.45) is 0.467. The van der Waals surface area contributed by atoms with Crippen molar-refractivity contribution in [1.82, 2.24) is 10.2 Å². The maximum atomic E-state index is 10.6. The number of nitrogens with zero attached hydrogens (tertiary/aromatic N) is 1. The molecular weight excluding hydrogens is 382 g/mol. The fourth-order valence-corrected chi connectivity index (χ4v) is 3.13. The van der Waals surface area contributed by atoms with Gasteiger partial charge in [-0.05, 0) is 30.0 Å². The highest BCUT2D eigenvalue weighted by atomic mass is 35.5. The first-order valence-electron chi connectivity index (χ1n) is 9.51. The number of nitrogens with one attached hydrogen (secondary N) is 1. The van der Waals surface area contributed by atoms with E-state index in [2.05, 4.69) is 22.3 Å². The van der Waals surface area contributed by atoms with E-state index < -0.39 is 12.0 Å². The summed E-state index contributed by atoms with van der Waals surface area (Å²) >= 11 is 5.88. The standard InChI is InChI=1S/C12H17ClN2O.C8H15NO3/c13-11-3-1-10(2-4-11)12(9-14)15-5-7-16-8-6-15;1-5(2)4-7(8(11)12)9-6(3)10/h1-4,12H,5-9,14H2;5,7H,4H2,1-3H3,(H,9,10)(H,11,12)/t12-;7-/m10/s1. The lowest BCUT2D eigenvalue weighted by atomic mass is 10.0. The molecule has 0 aromatic heterocycles. The molecule has 0 saturated carbocycles. The van der Waals surface area contributed by atoms with Gasteiger partial charge in [-0.25, -0.2) is 4.79 Å². The Morgan fingerprint density at radius 3 is 2.25 bits per heavy atom. The van der Waals surface area contributed by atoms with Gasteiger partial charge in [-0.3, -0.25) is 9.69 Å². The van der Waals surface area contributed by atoms with Crippen LogP contribution in [0.1, 0.15) is 38.8 Å². The second-order valence-electron chi connectivity index (χ2n) is 7.17. The minimum atomic E-state index is -0.973. The number of amides is 1. The number of ether oxygens (including phenoxy) is 1. The first-order chi connectivity index (χ1) is 13.2. The van der Waals surface area contributed by atoms with Crippen LogP contribution in [0.15, 0.2) is 24.3 Å². The number of hydrogen-bond donors (Lipinski definition) is 3. The lowest BCUT2D eigenvalue weighted by molar-refractivity contribution is -0.142. The van der Waals surface area contributed by atoms with Gasteiger partial charge in [0.05, 0.1) is 13.2 Å². The Bertz CT molecular complexity index is 604. The van der Waals surface area contributed by atoms with E-state index >= 15 is 0 Å². The van der Waals surface area contributed by atoms with E-state index in [0.29, 0.717) is 13.0 Å². The molecule has 0 spiro atoms. The Labute approximate surface area is 172 Å². The molecule has 1 amide bonds. The van der Waals surface area contributed by atoms with Crippen molar-refractivity contribution in [2.45, 2.75) is 39.3 Å².